The van der Waals surface area contributed by atoms with E-state index in [1.165, 1.54) is 18.3 Å². The minimum absolute atomic E-state index is 0.150. The summed E-state index contributed by atoms with van der Waals surface area (Å²) in [5.41, 5.74) is 9.56. The first kappa shape index (κ1) is 20.2. The van der Waals surface area contributed by atoms with E-state index in [9.17, 15) is 14.0 Å². The maximum absolute atomic E-state index is 13.3. The number of nitrogens with zero attached hydrogens (tertiary/aromatic N) is 2. The third kappa shape index (κ3) is 3.87. The number of rotatable bonds is 6. The molecule has 3 aromatic heterocycles. The highest BCUT2D eigenvalue weighted by Crippen LogP contribution is 2.34. The molecule has 31 heavy (non-hydrogen) atoms. The van der Waals surface area contributed by atoms with Gasteiger partial charge >= 0.3 is 0 Å². The first-order chi connectivity index (χ1) is 14.8. The number of nitrogens with two attached hydrogens (primary N) is 1. The van der Waals surface area contributed by atoms with Gasteiger partial charge in [0, 0.05) is 29.8 Å². The van der Waals surface area contributed by atoms with Gasteiger partial charge in [-0.15, -0.1) is 0 Å². The fraction of sp³-hybridized carbons (Fsp3) is 0.130. The predicted octanol–water partition coefficient (Wildman–Crippen LogP) is 4.30. The normalized spacial score (nSPS) is 11.1. The Hall–Kier alpha value is -4.07. The van der Waals surface area contributed by atoms with Gasteiger partial charge in [0.2, 0.25) is 0 Å². The molecule has 1 aromatic carbocycles. The smallest absolute Gasteiger partial charge is 0.289 e. The summed E-state index contributed by atoms with van der Waals surface area (Å²) >= 11 is 0. The van der Waals surface area contributed by atoms with Gasteiger partial charge in [-0.25, -0.2) is 9.37 Å². The van der Waals surface area contributed by atoms with Crippen molar-refractivity contribution in [3.05, 3.63) is 71.9 Å². The van der Waals surface area contributed by atoms with Gasteiger partial charge < -0.3 is 16.0 Å². The molecular weight excluding hydrogens is 397 g/mol. The molecule has 0 spiro atoms. The lowest BCUT2D eigenvalue weighted by atomic mass is 10.0. The number of ketones is 1. The largest absolute Gasteiger partial charge is 0.363 e. The van der Waals surface area contributed by atoms with Crippen LogP contribution in [0.2, 0.25) is 0 Å². The molecular formula is C23H20FN5O2. The molecule has 0 aliphatic carbocycles. The summed E-state index contributed by atoms with van der Waals surface area (Å²) in [5, 5.41) is 3.83. The topological polar surface area (TPSA) is 114 Å². The quantitative estimate of drug-likeness (QED) is 0.320. The van der Waals surface area contributed by atoms with Crippen LogP contribution in [0.1, 0.15) is 35.7 Å². The summed E-state index contributed by atoms with van der Waals surface area (Å²) < 4.78 is 13.3. The van der Waals surface area contributed by atoms with Crippen LogP contribution in [-0.2, 0) is 4.79 Å². The number of pyridine rings is 2. The van der Waals surface area contributed by atoms with Crippen LogP contribution in [0.4, 0.5) is 15.8 Å². The van der Waals surface area contributed by atoms with Crippen molar-refractivity contribution in [2.45, 2.75) is 19.8 Å². The molecule has 0 atom stereocenters. The second kappa shape index (κ2) is 7.98. The number of aromatic amines is 1. The van der Waals surface area contributed by atoms with Crippen molar-refractivity contribution in [3.8, 4) is 11.3 Å². The number of anilines is 2. The standard InChI is InChI=1S/C23H20FN5O2/c1-12(2)15-10-27-18(13-3-5-14(24)6-4-13)9-19(15)29-17-7-8-26-23-20(17)16(11-28-23)21(30)22(25)31/h3-12H,1-2H3,(H2,25,31)(H2,26,27,28,29). The molecule has 156 valence electrons. The molecule has 0 fully saturated rings. The molecule has 0 bridgehead atoms. The Morgan fingerprint density at radius 2 is 1.84 bits per heavy atom. The van der Waals surface area contributed by atoms with E-state index >= 15 is 0 Å². The Morgan fingerprint density at radius 1 is 1.10 bits per heavy atom. The number of nitrogens with one attached hydrogen (secondary N) is 2. The van der Waals surface area contributed by atoms with Crippen molar-refractivity contribution in [1.82, 2.24) is 15.0 Å². The second-order valence-electron chi connectivity index (χ2n) is 7.42. The molecule has 0 saturated heterocycles. The molecule has 0 aliphatic rings. The lowest BCUT2D eigenvalue weighted by molar-refractivity contribution is -0.114. The predicted molar refractivity (Wildman–Crippen MR) is 117 cm³/mol. The van der Waals surface area contributed by atoms with E-state index < -0.39 is 11.7 Å². The molecule has 4 rings (SSSR count). The fourth-order valence-electron chi connectivity index (χ4n) is 3.43. The Labute approximate surface area is 177 Å². The molecule has 4 aromatic rings. The Bertz CT molecular complexity index is 1300. The van der Waals surface area contributed by atoms with Crippen LogP contribution >= 0.6 is 0 Å². The van der Waals surface area contributed by atoms with E-state index in [1.807, 2.05) is 19.9 Å². The monoisotopic (exact) mass is 417 g/mol. The van der Waals surface area contributed by atoms with Gasteiger partial charge in [-0.05, 0) is 47.9 Å². The summed E-state index contributed by atoms with van der Waals surface area (Å²) in [6, 6.07) is 9.68. The van der Waals surface area contributed by atoms with Crippen molar-refractivity contribution in [1.29, 1.82) is 0 Å². The zero-order chi connectivity index (χ0) is 22.1. The molecule has 4 N–H and O–H groups in total. The molecule has 7 nitrogen and oxygen atoms in total. The number of carbonyl (C=O) groups is 2. The minimum Gasteiger partial charge on any atom is -0.363 e. The summed E-state index contributed by atoms with van der Waals surface area (Å²) in [7, 11) is 0. The second-order valence-corrected chi connectivity index (χ2v) is 7.42. The van der Waals surface area contributed by atoms with Crippen molar-refractivity contribution < 1.29 is 14.0 Å². The van der Waals surface area contributed by atoms with Gasteiger partial charge in [0.15, 0.2) is 0 Å². The first-order valence-corrected chi connectivity index (χ1v) is 9.68. The zero-order valence-corrected chi connectivity index (χ0v) is 16.9. The van der Waals surface area contributed by atoms with Gasteiger partial charge in [0.05, 0.1) is 22.3 Å². The molecule has 8 heteroatoms. The minimum atomic E-state index is -1.04. The molecule has 0 unspecified atom stereocenters. The highest BCUT2D eigenvalue weighted by atomic mass is 19.1. The molecule has 1 amide bonds. The van der Waals surface area contributed by atoms with Crippen LogP contribution in [0.3, 0.4) is 0 Å². The van der Waals surface area contributed by atoms with Crippen LogP contribution in [-0.4, -0.2) is 26.6 Å². The number of fused-ring (bicyclic) bond motifs is 1. The number of hydrogen-bond donors (Lipinski definition) is 3. The lowest BCUT2D eigenvalue weighted by Gasteiger charge is -2.17. The average Bonchev–Trinajstić information content (AvgIpc) is 3.18. The number of benzene rings is 1. The molecule has 0 radical (unpaired) electrons. The molecule has 0 aliphatic heterocycles. The fourth-order valence-corrected chi connectivity index (χ4v) is 3.43. The number of hydrogen-bond acceptors (Lipinski definition) is 5. The SMILES string of the molecule is CC(C)c1cnc(-c2ccc(F)cc2)cc1Nc1ccnc2[nH]cc(C(=O)C(N)=O)c12. The summed E-state index contributed by atoms with van der Waals surface area (Å²) in [5.74, 6) is -2.00. The van der Waals surface area contributed by atoms with Gasteiger partial charge in [0.25, 0.3) is 11.7 Å². The zero-order valence-electron chi connectivity index (χ0n) is 16.9. The Morgan fingerprint density at radius 3 is 2.52 bits per heavy atom. The number of halogens is 1. The summed E-state index contributed by atoms with van der Waals surface area (Å²) in [6.45, 7) is 4.08. The van der Waals surface area contributed by atoms with Crippen LogP contribution in [0.5, 0.6) is 0 Å². The maximum atomic E-state index is 13.3. The summed E-state index contributed by atoms with van der Waals surface area (Å²) in [6.07, 6.45) is 4.79. The van der Waals surface area contributed by atoms with Crippen molar-refractivity contribution in [2.24, 2.45) is 5.73 Å². The van der Waals surface area contributed by atoms with Crippen LogP contribution in [0.15, 0.2) is 55.0 Å². The summed E-state index contributed by atoms with van der Waals surface area (Å²) in [4.78, 5) is 35.4. The van der Waals surface area contributed by atoms with Crippen LogP contribution < -0.4 is 11.1 Å². The van der Waals surface area contributed by atoms with Crippen LogP contribution in [0.25, 0.3) is 22.3 Å². The highest BCUT2D eigenvalue weighted by molar-refractivity contribution is 6.44. The number of primary amides is 1. The van der Waals surface area contributed by atoms with E-state index in [0.717, 1.165) is 16.8 Å². The van der Waals surface area contributed by atoms with Crippen LogP contribution in [0, 0.1) is 5.82 Å². The third-order valence-corrected chi connectivity index (χ3v) is 5.01. The number of Topliss-reactive ketones (excluding diaryl/α,β-unsaturated/α-hetero) is 1. The van der Waals surface area contributed by atoms with Crippen molar-refractivity contribution >= 4 is 34.1 Å². The van der Waals surface area contributed by atoms with Crippen molar-refractivity contribution in [2.75, 3.05) is 5.32 Å². The number of amides is 1. The van der Waals surface area contributed by atoms with Crippen molar-refractivity contribution in [3.63, 3.8) is 0 Å². The number of H-pyrrole nitrogens is 1. The van der Waals surface area contributed by atoms with Gasteiger partial charge in [-0.3, -0.25) is 14.6 Å². The van der Waals surface area contributed by atoms with E-state index in [0.29, 0.717) is 22.4 Å². The van der Waals surface area contributed by atoms with Gasteiger partial charge in [0.1, 0.15) is 11.5 Å². The Kier molecular flexibility index (Phi) is 5.21. The lowest BCUT2D eigenvalue weighted by Crippen LogP contribution is -2.22. The van der Waals surface area contributed by atoms with E-state index in [2.05, 4.69) is 20.3 Å². The molecule has 3 heterocycles. The van der Waals surface area contributed by atoms with E-state index in [-0.39, 0.29) is 17.3 Å². The number of aromatic nitrogens is 3. The number of carbonyl (C=O) groups excluding carboxylic acids is 2. The first-order valence-electron chi connectivity index (χ1n) is 9.68. The third-order valence-electron chi connectivity index (χ3n) is 5.01. The van der Waals surface area contributed by atoms with Gasteiger partial charge in [-0.1, -0.05) is 13.8 Å². The van der Waals surface area contributed by atoms with E-state index in [4.69, 9.17) is 5.73 Å². The average molecular weight is 417 g/mol. The maximum Gasteiger partial charge on any atom is 0.289 e. The van der Waals surface area contributed by atoms with E-state index in [1.54, 1.807) is 30.6 Å². The molecule has 0 saturated carbocycles. The van der Waals surface area contributed by atoms with Gasteiger partial charge in [-0.2, -0.15) is 0 Å². The Balaban J connectivity index is 1.83. The highest BCUT2D eigenvalue weighted by Gasteiger charge is 2.21.